The molecule has 2 heterocycles. The Hall–Kier alpha value is -2.20. The largest absolute Gasteiger partial charge is 0.497 e. The molecule has 3 rings (SSSR count). The molecule has 0 atom stereocenters. The second kappa shape index (κ2) is 4.82. The highest BCUT2D eigenvalue weighted by atomic mass is 35.5. The van der Waals surface area contributed by atoms with Crippen molar-refractivity contribution in [1.82, 2.24) is 15.0 Å². The average molecular weight is 272 g/mol. The minimum Gasteiger partial charge on any atom is -0.497 e. The number of halogens is 1. The molecule has 5 heteroatoms. The number of rotatable bonds is 2. The molecule has 0 aliphatic carbocycles. The highest BCUT2D eigenvalue weighted by molar-refractivity contribution is 6.28. The normalized spacial score (nSPS) is 10.6. The van der Waals surface area contributed by atoms with Crippen molar-refractivity contribution in [2.24, 2.45) is 0 Å². The third-order valence-electron chi connectivity index (χ3n) is 2.81. The van der Waals surface area contributed by atoms with Crippen LogP contribution in [-0.4, -0.2) is 22.1 Å². The van der Waals surface area contributed by atoms with Crippen molar-refractivity contribution in [3.8, 4) is 17.0 Å². The Kier molecular flexibility index (Phi) is 3.01. The van der Waals surface area contributed by atoms with E-state index < -0.39 is 0 Å². The molecule has 3 aromatic rings. The number of aromatic nitrogens is 3. The van der Waals surface area contributed by atoms with Gasteiger partial charge in [-0.1, -0.05) is 0 Å². The number of nitrogens with zero attached hydrogens (tertiary/aromatic N) is 3. The molecule has 1 aromatic carbocycles. The molecule has 0 saturated heterocycles. The molecule has 94 valence electrons. The van der Waals surface area contributed by atoms with Crippen LogP contribution in [0.25, 0.3) is 22.3 Å². The second-order valence-corrected chi connectivity index (χ2v) is 4.28. The van der Waals surface area contributed by atoms with Gasteiger partial charge in [0.25, 0.3) is 0 Å². The van der Waals surface area contributed by atoms with Gasteiger partial charge in [-0.25, -0.2) is 9.97 Å². The summed E-state index contributed by atoms with van der Waals surface area (Å²) in [6.07, 6.45) is 1.68. The number of hydrogen-bond donors (Lipinski definition) is 0. The maximum atomic E-state index is 5.95. The summed E-state index contributed by atoms with van der Waals surface area (Å²) in [4.78, 5) is 12.6. The predicted octanol–water partition coefficient (Wildman–Crippen LogP) is 3.35. The van der Waals surface area contributed by atoms with Crippen molar-refractivity contribution in [2.75, 3.05) is 7.11 Å². The maximum absolute atomic E-state index is 5.95. The smallest absolute Gasteiger partial charge is 0.225 e. The van der Waals surface area contributed by atoms with Crippen LogP contribution in [0.1, 0.15) is 0 Å². The van der Waals surface area contributed by atoms with Crippen LogP contribution < -0.4 is 4.74 Å². The van der Waals surface area contributed by atoms with Crippen molar-refractivity contribution in [2.45, 2.75) is 0 Å². The lowest BCUT2D eigenvalue weighted by Gasteiger charge is -2.06. The van der Waals surface area contributed by atoms with Gasteiger partial charge in [0.2, 0.25) is 5.28 Å². The van der Waals surface area contributed by atoms with Gasteiger partial charge in [-0.3, -0.25) is 0 Å². The summed E-state index contributed by atoms with van der Waals surface area (Å²) in [6, 6.07) is 11.4. The van der Waals surface area contributed by atoms with Crippen LogP contribution in [0.2, 0.25) is 5.28 Å². The fraction of sp³-hybridized carbons (Fsp3) is 0.0714. The molecule has 0 fully saturated rings. The highest BCUT2D eigenvalue weighted by Gasteiger charge is 2.09. The van der Waals surface area contributed by atoms with Gasteiger partial charge in [-0.2, -0.15) is 4.98 Å². The van der Waals surface area contributed by atoms with E-state index in [1.807, 2.05) is 36.4 Å². The third-order valence-corrected chi connectivity index (χ3v) is 2.98. The van der Waals surface area contributed by atoms with Gasteiger partial charge in [-0.15, -0.1) is 0 Å². The molecule has 19 heavy (non-hydrogen) atoms. The molecule has 4 nitrogen and oxygen atoms in total. The number of methoxy groups -OCH3 is 1. The molecule has 0 aliphatic heterocycles. The van der Waals surface area contributed by atoms with Gasteiger partial charge < -0.3 is 4.74 Å². The van der Waals surface area contributed by atoms with Crippen LogP contribution in [0.4, 0.5) is 0 Å². The lowest BCUT2D eigenvalue weighted by atomic mass is 10.1. The first-order valence-corrected chi connectivity index (χ1v) is 6.08. The van der Waals surface area contributed by atoms with Crippen LogP contribution in [0.3, 0.4) is 0 Å². The molecule has 0 amide bonds. The van der Waals surface area contributed by atoms with E-state index >= 15 is 0 Å². The van der Waals surface area contributed by atoms with E-state index in [9.17, 15) is 0 Å². The first kappa shape index (κ1) is 11.9. The van der Waals surface area contributed by atoms with Gasteiger partial charge in [0, 0.05) is 17.1 Å². The van der Waals surface area contributed by atoms with E-state index in [0.29, 0.717) is 5.65 Å². The average Bonchev–Trinajstić information content (AvgIpc) is 2.46. The van der Waals surface area contributed by atoms with Crippen LogP contribution in [0.15, 0.2) is 42.6 Å². The topological polar surface area (TPSA) is 47.9 Å². The molecular formula is C14H10ClN3O. The molecule has 2 aromatic heterocycles. The number of fused-ring (bicyclic) bond motifs is 1. The molecule has 0 N–H and O–H groups in total. The third kappa shape index (κ3) is 2.22. The Bertz CT molecular complexity index is 728. The van der Waals surface area contributed by atoms with E-state index in [4.69, 9.17) is 16.3 Å². The van der Waals surface area contributed by atoms with Crippen molar-refractivity contribution < 1.29 is 4.74 Å². The van der Waals surface area contributed by atoms with Gasteiger partial charge in [0.05, 0.1) is 12.8 Å². The Morgan fingerprint density at radius 3 is 2.58 bits per heavy atom. The van der Waals surface area contributed by atoms with Gasteiger partial charge in [0.15, 0.2) is 5.65 Å². The molecular weight excluding hydrogens is 262 g/mol. The van der Waals surface area contributed by atoms with Gasteiger partial charge in [-0.05, 0) is 48.0 Å². The van der Waals surface area contributed by atoms with Crippen LogP contribution >= 0.6 is 11.6 Å². The fourth-order valence-electron chi connectivity index (χ4n) is 1.90. The van der Waals surface area contributed by atoms with Gasteiger partial charge in [0.1, 0.15) is 5.75 Å². The minimum atomic E-state index is 0.192. The Labute approximate surface area is 115 Å². The summed E-state index contributed by atoms with van der Waals surface area (Å²) < 4.78 is 5.15. The van der Waals surface area contributed by atoms with Crippen LogP contribution in [-0.2, 0) is 0 Å². The number of pyridine rings is 1. The standard InChI is InChI=1S/C14H10ClN3O/c1-19-10-6-4-9(5-7-10)12-11-3-2-8-16-13(11)18-14(15)17-12/h2-8H,1H3. The van der Waals surface area contributed by atoms with E-state index in [1.165, 1.54) is 0 Å². The molecule has 0 unspecified atom stereocenters. The van der Waals surface area contributed by atoms with E-state index in [2.05, 4.69) is 15.0 Å². The summed E-state index contributed by atoms with van der Waals surface area (Å²) in [7, 11) is 1.63. The van der Waals surface area contributed by atoms with E-state index in [1.54, 1.807) is 13.3 Å². The zero-order valence-electron chi connectivity index (χ0n) is 10.2. The van der Waals surface area contributed by atoms with Crippen molar-refractivity contribution in [3.63, 3.8) is 0 Å². The fourth-order valence-corrected chi connectivity index (χ4v) is 2.07. The molecule has 0 bridgehead atoms. The SMILES string of the molecule is COc1ccc(-c2nc(Cl)nc3ncccc23)cc1. The maximum Gasteiger partial charge on any atom is 0.225 e. The van der Waals surface area contributed by atoms with Crippen LogP contribution in [0.5, 0.6) is 5.75 Å². The summed E-state index contributed by atoms with van der Waals surface area (Å²) in [6.45, 7) is 0. The number of ether oxygens (including phenoxy) is 1. The molecule has 0 saturated carbocycles. The first-order valence-electron chi connectivity index (χ1n) is 5.70. The van der Waals surface area contributed by atoms with Crippen LogP contribution in [0, 0.1) is 0 Å². The Balaban J connectivity index is 2.22. The van der Waals surface area contributed by atoms with Gasteiger partial charge >= 0.3 is 0 Å². The number of benzene rings is 1. The molecule has 0 radical (unpaired) electrons. The summed E-state index contributed by atoms with van der Waals surface area (Å²) in [5, 5.41) is 1.06. The number of hydrogen-bond acceptors (Lipinski definition) is 4. The first-order chi connectivity index (χ1) is 9.28. The van der Waals surface area contributed by atoms with E-state index in [0.717, 1.165) is 22.4 Å². The summed E-state index contributed by atoms with van der Waals surface area (Å²) in [5.41, 5.74) is 2.31. The Morgan fingerprint density at radius 1 is 1.05 bits per heavy atom. The quantitative estimate of drug-likeness (QED) is 0.671. The highest BCUT2D eigenvalue weighted by Crippen LogP contribution is 2.27. The van der Waals surface area contributed by atoms with Crippen molar-refractivity contribution >= 4 is 22.6 Å². The predicted molar refractivity (Wildman–Crippen MR) is 74.3 cm³/mol. The van der Waals surface area contributed by atoms with Crippen molar-refractivity contribution in [3.05, 3.63) is 47.9 Å². The zero-order chi connectivity index (χ0) is 13.2. The lowest BCUT2D eigenvalue weighted by molar-refractivity contribution is 0.415. The summed E-state index contributed by atoms with van der Waals surface area (Å²) in [5.74, 6) is 0.798. The summed E-state index contributed by atoms with van der Waals surface area (Å²) >= 11 is 5.95. The zero-order valence-corrected chi connectivity index (χ0v) is 10.9. The monoisotopic (exact) mass is 271 g/mol. The molecule has 0 aliphatic rings. The van der Waals surface area contributed by atoms with Crippen molar-refractivity contribution in [1.29, 1.82) is 0 Å². The minimum absolute atomic E-state index is 0.192. The lowest BCUT2D eigenvalue weighted by Crippen LogP contribution is -1.93. The van der Waals surface area contributed by atoms with E-state index in [-0.39, 0.29) is 5.28 Å². The second-order valence-electron chi connectivity index (χ2n) is 3.94. The Morgan fingerprint density at radius 2 is 1.84 bits per heavy atom. The molecule has 0 spiro atoms.